The van der Waals surface area contributed by atoms with Crippen molar-refractivity contribution in [2.24, 2.45) is 0 Å². The Morgan fingerprint density at radius 1 is 1.10 bits per heavy atom. The maximum Gasteiger partial charge on any atom is 0.261 e. The molecule has 0 bridgehead atoms. The first-order chi connectivity index (χ1) is 14.9. The number of amides is 2. The van der Waals surface area contributed by atoms with Gasteiger partial charge in [-0.05, 0) is 49.6 Å². The number of halogens is 1. The van der Waals surface area contributed by atoms with Crippen molar-refractivity contribution in [2.45, 2.75) is 52.2 Å². The lowest BCUT2D eigenvalue weighted by Crippen LogP contribution is -2.51. The normalized spacial score (nSPS) is 12.5. The van der Waals surface area contributed by atoms with Crippen LogP contribution in [0.25, 0.3) is 0 Å². The number of carbonyl (C=O) groups excluding carboxylic acids is 2. The number of rotatable bonds is 11. The zero-order chi connectivity index (χ0) is 22.8. The second-order valence-corrected chi connectivity index (χ2v) is 7.33. The van der Waals surface area contributed by atoms with Gasteiger partial charge >= 0.3 is 0 Å². The van der Waals surface area contributed by atoms with Gasteiger partial charge in [-0.3, -0.25) is 9.59 Å². The average Bonchev–Trinajstić information content (AvgIpc) is 2.78. The molecular weight excluding hydrogens is 399 g/mol. The van der Waals surface area contributed by atoms with Gasteiger partial charge in [-0.1, -0.05) is 38.1 Å². The van der Waals surface area contributed by atoms with Crippen molar-refractivity contribution in [3.8, 4) is 11.5 Å². The molecule has 6 nitrogen and oxygen atoms in total. The van der Waals surface area contributed by atoms with Crippen molar-refractivity contribution in [1.82, 2.24) is 10.2 Å². The van der Waals surface area contributed by atoms with Gasteiger partial charge in [0, 0.05) is 12.6 Å². The standard InChI is InChI=1S/C24H31FN2O4/c1-5-17(3)26-24(29)21(6-2)27(15-18-10-9-11-19(14-18)30-4)23(28)16-31-22-13-8-7-12-20(22)25/h7-14,17,21H,5-6,15-16H2,1-4H3,(H,26,29)/t17-,21-/m0/s1. The van der Waals surface area contributed by atoms with Gasteiger partial charge in [0.2, 0.25) is 5.91 Å². The van der Waals surface area contributed by atoms with Crippen LogP contribution in [-0.2, 0) is 16.1 Å². The molecule has 0 saturated carbocycles. The number of hydrogen-bond acceptors (Lipinski definition) is 4. The molecule has 0 radical (unpaired) electrons. The lowest BCUT2D eigenvalue weighted by molar-refractivity contribution is -0.143. The Bertz CT molecular complexity index is 874. The number of ether oxygens (including phenoxy) is 2. The highest BCUT2D eigenvalue weighted by Gasteiger charge is 2.29. The van der Waals surface area contributed by atoms with Crippen LogP contribution in [0.5, 0.6) is 11.5 Å². The molecule has 168 valence electrons. The number of nitrogens with one attached hydrogen (secondary N) is 1. The molecule has 0 aromatic heterocycles. The van der Waals surface area contributed by atoms with Gasteiger partial charge in [0.05, 0.1) is 7.11 Å². The van der Waals surface area contributed by atoms with Gasteiger partial charge in [-0.2, -0.15) is 0 Å². The van der Waals surface area contributed by atoms with Gasteiger partial charge in [0.15, 0.2) is 18.2 Å². The summed E-state index contributed by atoms with van der Waals surface area (Å²) in [6.45, 7) is 5.57. The Hall–Kier alpha value is -3.09. The summed E-state index contributed by atoms with van der Waals surface area (Å²) in [5, 5.41) is 2.95. The van der Waals surface area contributed by atoms with Crippen LogP contribution < -0.4 is 14.8 Å². The molecule has 0 spiro atoms. The minimum absolute atomic E-state index is 0.00529. The smallest absolute Gasteiger partial charge is 0.261 e. The predicted molar refractivity (Wildman–Crippen MR) is 117 cm³/mol. The third kappa shape index (κ3) is 6.98. The summed E-state index contributed by atoms with van der Waals surface area (Å²) in [5.41, 5.74) is 0.813. The van der Waals surface area contributed by atoms with E-state index in [0.717, 1.165) is 12.0 Å². The minimum Gasteiger partial charge on any atom is -0.497 e. The predicted octanol–water partition coefficient (Wildman–Crippen LogP) is 3.94. The van der Waals surface area contributed by atoms with Crippen LogP contribution in [-0.4, -0.2) is 42.5 Å². The van der Waals surface area contributed by atoms with E-state index >= 15 is 0 Å². The molecule has 0 heterocycles. The van der Waals surface area contributed by atoms with E-state index < -0.39 is 17.8 Å². The molecule has 0 unspecified atom stereocenters. The molecule has 0 aliphatic heterocycles. The zero-order valence-corrected chi connectivity index (χ0v) is 18.6. The van der Waals surface area contributed by atoms with E-state index in [2.05, 4.69) is 5.32 Å². The van der Waals surface area contributed by atoms with Crippen LogP contribution in [0.3, 0.4) is 0 Å². The molecule has 0 saturated heterocycles. The highest BCUT2D eigenvalue weighted by atomic mass is 19.1. The Morgan fingerprint density at radius 3 is 2.48 bits per heavy atom. The molecule has 1 N–H and O–H groups in total. The fourth-order valence-electron chi connectivity index (χ4n) is 3.11. The highest BCUT2D eigenvalue weighted by molar-refractivity contribution is 5.88. The fraction of sp³-hybridized carbons (Fsp3) is 0.417. The molecule has 0 aliphatic carbocycles. The third-order valence-electron chi connectivity index (χ3n) is 5.06. The summed E-state index contributed by atoms with van der Waals surface area (Å²) in [5.74, 6) is -0.522. The number of carbonyl (C=O) groups is 2. The van der Waals surface area contributed by atoms with Crippen LogP contribution in [0, 0.1) is 5.82 Å². The number of nitrogens with zero attached hydrogens (tertiary/aromatic N) is 1. The van der Waals surface area contributed by atoms with Crippen molar-refractivity contribution < 1.29 is 23.5 Å². The molecule has 2 amide bonds. The lowest BCUT2D eigenvalue weighted by Gasteiger charge is -2.31. The molecule has 2 rings (SSSR count). The van der Waals surface area contributed by atoms with Gasteiger partial charge < -0.3 is 19.7 Å². The number of para-hydroxylation sites is 1. The van der Waals surface area contributed by atoms with Gasteiger partial charge in [-0.25, -0.2) is 4.39 Å². The second-order valence-electron chi connectivity index (χ2n) is 7.33. The number of benzene rings is 2. The molecule has 31 heavy (non-hydrogen) atoms. The SMILES string of the molecule is CC[C@H](C)NC(=O)[C@H](CC)N(Cc1cccc(OC)c1)C(=O)COc1ccccc1F. The quantitative estimate of drug-likeness (QED) is 0.586. The second kappa shape index (κ2) is 11.9. The maximum atomic E-state index is 13.9. The Labute approximate surface area is 183 Å². The Balaban J connectivity index is 2.25. The molecule has 2 aromatic carbocycles. The highest BCUT2D eigenvalue weighted by Crippen LogP contribution is 2.19. The van der Waals surface area contributed by atoms with Crippen LogP contribution in [0.2, 0.25) is 0 Å². The average molecular weight is 431 g/mol. The summed E-state index contributed by atoms with van der Waals surface area (Å²) in [7, 11) is 1.57. The van der Waals surface area contributed by atoms with Crippen molar-refractivity contribution in [3.63, 3.8) is 0 Å². The lowest BCUT2D eigenvalue weighted by atomic mass is 10.1. The first-order valence-electron chi connectivity index (χ1n) is 10.5. The van der Waals surface area contributed by atoms with Crippen molar-refractivity contribution in [3.05, 3.63) is 59.9 Å². The summed E-state index contributed by atoms with van der Waals surface area (Å²) in [6.07, 6.45) is 1.21. The zero-order valence-electron chi connectivity index (χ0n) is 18.6. The largest absolute Gasteiger partial charge is 0.497 e. The number of hydrogen-bond donors (Lipinski definition) is 1. The van der Waals surface area contributed by atoms with E-state index in [4.69, 9.17) is 9.47 Å². The van der Waals surface area contributed by atoms with Crippen LogP contribution >= 0.6 is 0 Å². The summed E-state index contributed by atoms with van der Waals surface area (Å²) >= 11 is 0. The van der Waals surface area contributed by atoms with E-state index in [9.17, 15) is 14.0 Å². The minimum atomic E-state index is -0.683. The number of methoxy groups -OCH3 is 1. The first kappa shape index (κ1) is 24.2. The maximum absolute atomic E-state index is 13.9. The first-order valence-corrected chi connectivity index (χ1v) is 10.5. The molecular formula is C24H31FN2O4. The fourth-order valence-corrected chi connectivity index (χ4v) is 3.11. The molecule has 0 fully saturated rings. The summed E-state index contributed by atoms with van der Waals surface area (Å²) < 4.78 is 24.6. The van der Waals surface area contributed by atoms with Gasteiger partial charge in [0.1, 0.15) is 11.8 Å². The van der Waals surface area contributed by atoms with Crippen molar-refractivity contribution >= 4 is 11.8 Å². The van der Waals surface area contributed by atoms with Crippen molar-refractivity contribution in [1.29, 1.82) is 0 Å². The van der Waals surface area contributed by atoms with E-state index in [1.165, 1.54) is 17.0 Å². The van der Waals surface area contributed by atoms with Crippen LogP contribution in [0.1, 0.15) is 39.2 Å². The molecule has 7 heteroatoms. The summed E-state index contributed by atoms with van der Waals surface area (Å²) in [6, 6.07) is 12.5. The van der Waals surface area contributed by atoms with Crippen molar-refractivity contribution in [2.75, 3.05) is 13.7 Å². The van der Waals surface area contributed by atoms with Gasteiger partial charge in [0.25, 0.3) is 5.91 Å². The van der Waals surface area contributed by atoms with E-state index in [-0.39, 0.29) is 30.9 Å². The molecule has 0 aliphatic rings. The molecule has 2 aromatic rings. The van der Waals surface area contributed by atoms with Gasteiger partial charge in [-0.15, -0.1) is 0 Å². The Kier molecular flexibility index (Phi) is 9.31. The van der Waals surface area contributed by atoms with Crippen LogP contribution in [0.15, 0.2) is 48.5 Å². The third-order valence-corrected chi connectivity index (χ3v) is 5.06. The summed E-state index contributed by atoms with van der Waals surface area (Å²) in [4.78, 5) is 27.5. The van der Waals surface area contributed by atoms with Crippen LogP contribution in [0.4, 0.5) is 4.39 Å². The van der Waals surface area contributed by atoms with E-state index in [1.54, 1.807) is 19.2 Å². The monoisotopic (exact) mass is 430 g/mol. The topological polar surface area (TPSA) is 67.9 Å². The van der Waals surface area contributed by atoms with E-state index in [0.29, 0.717) is 12.2 Å². The van der Waals surface area contributed by atoms with E-state index in [1.807, 2.05) is 45.0 Å². The Morgan fingerprint density at radius 2 is 1.84 bits per heavy atom. The molecule has 2 atom stereocenters.